The molecule has 2 heterocycles. The summed E-state index contributed by atoms with van der Waals surface area (Å²) in [5, 5.41) is 15.6. The van der Waals surface area contributed by atoms with Crippen molar-refractivity contribution in [2.24, 2.45) is 0 Å². The Balaban J connectivity index is 1.55. The Morgan fingerprint density at radius 3 is 2.50 bits per heavy atom. The number of thiol groups is 1. The van der Waals surface area contributed by atoms with Gasteiger partial charge in [-0.05, 0) is 61.9 Å². The van der Waals surface area contributed by atoms with Gasteiger partial charge in [0.05, 0.1) is 18.5 Å². The van der Waals surface area contributed by atoms with Crippen molar-refractivity contribution >= 4 is 30.1 Å². The lowest BCUT2D eigenvalue weighted by atomic mass is 10.1. The molecule has 0 radical (unpaired) electrons. The molecule has 1 aromatic heterocycles. The van der Waals surface area contributed by atoms with E-state index in [1.54, 1.807) is 30.0 Å². The molecule has 0 spiro atoms. The molecule has 7 nitrogen and oxygen atoms in total. The molecular weight excluding hydrogens is 398 g/mol. The van der Waals surface area contributed by atoms with Crippen LogP contribution in [0.25, 0.3) is 5.69 Å². The summed E-state index contributed by atoms with van der Waals surface area (Å²) in [6.45, 7) is 3.70. The fourth-order valence-electron chi connectivity index (χ4n) is 3.28. The van der Waals surface area contributed by atoms with Crippen LogP contribution >= 0.6 is 12.6 Å². The van der Waals surface area contributed by atoms with Gasteiger partial charge in [-0.1, -0.05) is 0 Å². The van der Waals surface area contributed by atoms with Crippen LogP contribution in [0, 0.1) is 12.3 Å². The second kappa shape index (κ2) is 8.23. The number of aromatic nitrogens is 2. The number of benzene rings is 2. The Morgan fingerprint density at radius 1 is 1.17 bits per heavy atom. The van der Waals surface area contributed by atoms with Crippen LogP contribution in [0.4, 0.5) is 5.69 Å². The van der Waals surface area contributed by atoms with Gasteiger partial charge in [0.25, 0.3) is 5.91 Å². The molecule has 2 aromatic carbocycles. The van der Waals surface area contributed by atoms with Gasteiger partial charge in [-0.3, -0.25) is 10.2 Å². The number of hydrogen-bond donors (Lipinski definition) is 3. The smallest absolute Gasteiger partial charge is 0.274 e. The minimum absolute atomic E-state index is 0.273. The molecule has 1 fully saturated rings. The fourth-order valence-corrected chi connectivity index (χ4v) is 3.58. The van der Waals surface area contributed by atoms with E-state index >= 15 is 0 Å². The summed E-state index contributed by atoms with van der Waals surface area (Å²) >= 11 is 4.52. The molecule has 30 heavy (non-hydrogen) atoms. The zero-order chi connectivity index (χ0) is 21.3. The number of amides is 1. The SMILES string of the molecule is COc1ccc(-n2nc(C)cc2C(=O)Nc2ccc(C(=N)N3CCC3)cc2)c(S)c1. The first-order valence-corrected chi connectivity index (χ1v) is 10.1. The number of rotatable bonds is 5. The topological polar surface area (TPSA) is 83.2 Å². The van der Waals surface area contributed by atoms with E-state index in [1.165, 1.54) is 0 Å². The first-order chi connectivity index (χ1) is 14.5. The number of likely N-dealkylation sites (tertiary alicyclic amines) is 1. The highest BCUT2D eigenvalue weighted by molar-refractivity contribution is 7.80. The summed E-state index contributed by atoms with van der Waals surface area (Å²) in [5.74, 6) is 0.931. The van der Waals surface area contributed by atoms with Crippen molar-refractivity contribution in [2.75, 3.05) is 25.5 Å². The van der Waals surface area contributed by atoms with Crippen LogP contribution in [-0.4, -0.2) is 46.6 Å². The first kappa shape index (κ1) is 20.0. The van der Waals surface area contributed by atoms with Crippen molar-refractivity contribution in [1.82, 2.24) is 14.7 Å². The number of ether oxygens (including phenoxy) is 1. The van der Waals surface area contributed by atoms with E-state index in [9.17, 15) is 4.79 Å². The third kappa shape index (κ3) is 3.91. The molecular formula is C22H23N5O2S. The zero-order valence-corrected chi connectivity index (χ0v) is 17.7. The summed E-state index contributed by atoms with van der Waals surface area (Å²) < 4.78 is 6.81. The van der Waals surface area contributed by atoms with E-state index < -0.39 is 0 Å². The minimum Gasteiger partial charge on any atom is -0.497 e. The van der Waals surface area contributed by atoms with Crippen LogP contribution in [0.3, 0.4) is 0 Å². The average Bonchev–Trinajstić information content (AvgIpc) is 3.08. The lowest BCUT2D eigenvalue weighted by Crippen LogP contribution is -2.42. The molecule has 2 N–H and O–H groups in total. The summed E-state index contributed by atoms with van der Waals surface area (Å²) in [7, 11) is 1.59. The molecule has 154 valence electrons. The number of nitrogens with zero attached hydrogens (tertiary/aromatic N) is 3. The largest absolute Gasteiger partial charge is 0.497 e. The predicted molar refractivity (Wildman–Crippen MR) is 120 cm³/mol. The summed E-state index contributed by atoms with van der Waals surface area (Å²) in [6, 6.07) is 14.5. The fraction of sp³-hybridized carbons (Fsp3) is 0.227. The van der Waals surface area contributed by atoms with Crippen LogP contribution in [0.2, 0.25) is 0 Å². The molecule has 1 aliphatic rings. The van der Waals surface area contributed by atoms with Gasteiger partial charge in [0.2, 0.25) is 0 Å². The van der Waals surface area contributed by atoms with Crippen molar-refractivity contribution in [1.29, 1.82) is 5.41 Å². The highest BCUT2D eigenvalue weighted by Gasteiger charge is 2.19. The van der Waals surface area contributed by atoms with Crippen molar-refractivity contribution in [3.8, 4) is 11.4 Å². The van der Waals surface area contributed by atoms with E-state index in [-0.39, 0.29) is 5.91 Å². The molecule has 0 bridgehead atoms. The molecule has 0 atom stereocenters. The summed E-state index contributed by atoms with van der Waals surface area (Å²) in [6.07, 6.45) is 1.13. The third-order valence-electron chi connectivity index (χ3n) is 5.06. The van der Waals surface area contributed by atoms with Crippen molar-refractivity contribution in [2.45, 2.75) is 18.2 Å². The molecule has 0 aliphatic carbocycles. The van der Waals surface area contributed by atoms with E-state index in [1.807, 2.05) is 42.2 Å². The predicted octanol–water partition coefficient (Wildman–Crippen LogP) is 3.76. The second-order valence-electron chi connectivity index (χ2n) is 7.16. The van der Waals surface area contributed by atoms with Crippen LogP contribution in [0.15, 0.2) is 53.4 Å². The van der Waals surface area contributed by atoms with Gasteiger partial charge in [0.15, 0.2) is 0 Å². The van der Waals surface area contributed by atoms with Crippen LogP contribution in [-0.2, 0) is 0 Å². The van der Waals surface area contributed by atoms with E-state index in [2.05, 4.69) is 23.0 Å². The van der Waals surface area contributed by atoms with Crippen molar-refractivity contribution in [3.63, 3.8) is 0 Å². The summed E-state index contributed by atoms with van der Waals surface area (Å²) in [4.78, 5) is 15.6. The van der Waals surface area contributed by atoms with Crippen LogP contribution < -0.4 is 10.1 Å². The lowest BCUT2D eigenvalue weighted by molar-refractivity contribution is 0.101. The Kier molecular flexibility index (Phi) is 5.50. The van der Waals surface area contributed by atoms with Crippen molar-refractivity contribution < 1.29 is 9.53 Å². The third-order valence-corrected chi connectivity index (χ3v) is 5.42. The first-order valence-electron chi connectivity index (χ1n) is 9.65. The highest BCUT2D eigenvalue weighted by Crippen LogP contribution is 2.26. The maximum Gasteiger partial charge on any atom is 0.274 e. The van der Waals surface area contributed by atoms with Gasteiger partial charge >= 0.3 is 0 Å². The molecule has 0 unspecified atom stereocenters. The molecule has 1 saturated heterocycles. The zero-order valence-electron chi connectivity index (χ0n) is 16.8. The standard InChI is InChI=1S/C22H23N5O2S/c1-14-12-19(27(25-14)18-9-8-17(29-2)13-20(18)30)22(28)24-16-6-4-15(5-7-16)21(23)26-10-3-11-26/h4-9,12-13,23,30H,3,10-11H2,1-2H3,(H,24,28). The Hall–Kier alpha value is -3.26. The van der Waals surface area contributed by atoms with E-state index in [4.69, 9.17) is 10.1 Å². The van der Waals surface area contributed by atoms with E-state index in [0.717, 1.165) is 30.8 Å². The monoisotopic (exact) mass is 421 g/mol. The number of amidine groups is 1. The Labute approximate surface area is 180 Å². The Morgan fingerprint density at radius 2 is 1.90 bits per heavy atom. The number of carbonyl (C=O) groups excluding carboxylic acids is 1. The number of aryl methyl sites for hydroxylation is 1. The second-order valence-corrected chi connectivity index (χ2v) is 7.64. The van der Waals surface area contributed by atoms with Gasteiger partial charge in [-0.15, -0.1) is 12.6 Å². The molecule has 4 rings (SSSR count). The molecule has 1 amide bonds. The van der Waals surface area contributed by atoms with Gasteiger partial charge in [-0.2, -0.15) is 5.10 Å². The van der Waals surface area contributed by atoms with Crippen molar-refractivity contribution in [3.05, 3.63) is 65.5 Å². The number of hydrogen-bond acceptors (Lipinski definition) is 5. The minimum atomic E-state index is -0.273. The highest BCUT2D eigenvalue weighted by atomic mass is 32.1. The lowest BCUT2D eigenvalue weighted by Gasteiger charge is -2.33. The Bertz CT molecular complexity index is 1100. The number of nitrogens with one attached hydrogen (secondary N) is 2. The maximum absolute atomic E-state index is 13.0. The molecule has 3 aromatic rings. The van der Waals surface area contributed by atoms with Gasteiger partial charge < -0.3 is 15.0 Å². The normalized spacial score (nSPS) is 13.0. The maximum atomic E-state index is 13.0. The molecule has 8 heteroatoms. The van der Waals surface area contributed by atoms with Crippen LogP contribution in [0.1, 0.15) is 28.2 Å². The van der Waals surface area contributed by atoms with E-state index in [0.29, 0.717) is 33.5 Å². The van der Waals surface area contributed by atoms with Gasteiger partial charge in [0.1, 0.15) is 17.3 Å². The molecule has 1 aliphatic heterocycles. The molecule has 0 saturated carbocycles. The van der Waals surface area contributed by atoms with Gasteiger partial charge in [-0.25, -0.2) is 4.68 Å². The number of anilines is 1. The number of carbonyl (C=O) groups is 1. The summed E-state index contributed by atoms with van der Waals surface area (Å²) in [5.41, 5.74) is 3.32. The number of methoxy groups -OCH3 is 1. The van der Waals surface area contributed by atoms with Gasteiger partial charge in [0, 0.05) is 29.2 Å². The average molecular weight is 422 g/mol. The van der Waals surface area contributed by atoms with Crippen LogP contribution in [0.5, 0.6) is 5.75 Å². The quantitative estimate of drug-likeness (QED) is 0.333.